The van der Waals surface area contributed by atoms with Gasteiger partial charge in [-0.3, -0.25) is 9.38 Å². The molecule has 0 aliphatic carbocycles. The van der Waals surface area contributed by atoms with E-state index in [1.807, 2.05) is 24.8 Å². The van der Waals surface area contributed by atoms with Crippen LogP contribution in [0.25, 0.3) is 5.65 Å². The van der Waals surface area contributed by atoms with Crippen LogP contribution in [0.15, 0.2) is 37.2 Å². The molecule has 9 heteroatoms. The Kier molecular flexibility index (Phi) is 4.36. The molecular weight excluding hydrogens is 394 g/mol. The van der Waals surface area contributed by atoms with E-state index in [1.54, 1.807) is 12.4 Å². The first-order valence-electron chi connectivity index (χ1n) is 11.1. The summed E-state index contributed by atoms with van der Waals surface area (Å²) in [6.45, 7) is 5.30. The second kappa shape index (κ2) is 7.13. The van der Waals surface area contributed by atoms with Crippen LogP contribution >= 0.6 is 0 Å². The minimum atomic E-state index is -0.357. The molecule has 6 rings (SSSR count). The Bertz CT molecular complexity index is 1090. The van der Waals surface area contributed by atoms with Crippen molar-refractivity contribution in [2.75, 3.05) is 42.6 Å². The Hall–Kier alpha value is -2.78. The molecule has 3 aromatic rings. The summed E-state index contributed by atoms with van der Waals surface area (Å²) in [7, 11) is 0. The number of aryl methyl sites for hydroxylation is 1. The third-order valence-corrected chi connectivity index (χ3v) is 7.13. The summed E-state index contributed by atoms with van der Waals surface area (Å²) in [4.78, 5) is 22.6. The fourth-order valence-electron chi connectivity index (χ4n) is 5.76. The van der Waals surface area contributed by atoms with E-state index in [-0.39, 0.29) is 30.1 Å². The first kappa shape index (κ1) is 18.9. The molecule has 2 bridgehead atoms. The van der Waals surface area contributed by atoms with E-state index in [0.29, 0.717) is 0 Å². The van der Waals surface area contributed by atoms with E-state index >= 15 is 0 Å². The Morgan fingerprint density at radius 3 is 2.74 bits per heavy atom. The molecule has 3 fully saturated rings. The number of ether oxygens (including phenoxy) is 1. The zero-order chi connectivity index (χ0) is 21.0. The molecule has 0 unspecified atom stereocenters. The summed E-state index contributed by atoms with van der Waals surface area (Å²) in [6.07, 6.45) is 13.4. The molecule has 6 heterocycles. The first-order valence-corrected chi connectivity index (χ1v) is 11.1. The predicted octanol–water partition coefficient (Wildman–Crippen LogP) is 1.17. The van der Waals surface area contributed by atoms with Crippen LogP contribution in [-0.2, 0) is 11.2 Å². The fourth-order valence-corrected chi connectivity index (χ4v) is 5.76. The molecule has 3 aliphatic rings. The van der Waals surface area contributed by atoms with Crippen LogP contribution in [0.3, 0.4) is 0 Å². The lowest BCUT2D eigenvalue weighted by Crippen LogP contribution is -2.54. The molecule has 0 radical (unpaired) electrons. The van der Waals surface area contributed by atoms with Crippen LogP contribution in [-0.4, -0.2) is 73.9 Å². The molecule has 0 saturated carbocycles. The molecule has 31 heavy (non-hydrogen) atoms. The van der Waals surface area contributed by atoms with Gasteiger partial charge in [0, 0.05) is 56.3 Å². The number of anilines is 2. The van der Waals surface area contributed by atoms with Crippen molar-refractivity contribution in [1.29, 1.82) is 0 Å². The number of imidazole rings is 1. The van der Waals surface area contributed by atoms with Crippen molar-refractivity contribution in [3.63, 3.8) is 0 Å². The highest BCUT2D eigenvalue weighted by atomic mass is 16.5. The molecule has 3 aromatic heterocycles. The molecule has 162 valence electrons. The van der Waals surface area contributed by atoms with Gasteiger partial charge in [-0.15, -0.1) is 0 Å². The Morgan fingerprint density at radius 1 is 1.10 bits per heavy atom. The van der Waals surface area contributed by atoms with Gasteiger partial charge < -0.3 is 19.6 Å². The highest BCUT2D eigenvalue weighted by Gasteiger charge is 2.62. The van der Waals surface area contributed by atoms with Crippen molar-refractivity contribution >= 4 is 17.4 Å². The van der Waals surface area contributed by atoms with Crippen LogP contribution in [0, 0.1) is 11.8 Å². The highest BCUT2D eigenvalue weighted by Crippen LogP contribution is 2.50. The van der Waals surface area contributed by atoms with Crippen LogP contribution in [0.4, 0.5) is 11.8 Å². The lowest BCUT2D eigenvalue weighted by Gasteiger charge is -2.41. The molecule has 0 aromatic carbocycles. The van der Waals surface area contributed by atoms with Gasteiger partial charge in [-0.25, -0.2) is 15.0 Å². The summed E-state index contributed by atoms with van der Waals surface area (Å²) in [5, 5.41) is 10.2. The van der Waals surface area contributed by atoms with Gasteiger partial charge in [0.15, 0.2) is 5.65 Å². The van der Waals surface area contributed by atoms with Gasteiger partial charge in [-0.05, 0) is 12.0 Å². The van der Waals surface area contributed by atoms with Crippen LogP contribution in [0.1, 0.15) is 18.9 Å². The number of rotatable bonds is 5. The molecule has 0 amide bonds. The zero-order valence-electron chi connectivity index (χ0n) is 17.6. The van der Waals surface area contributed by atoms with Gasteiger partial charge in [-0.1, -0.05) is 13.3 Å². The quantitative estimate of drug-likeness (QED) is 0.657. The summed E-state index contributed by atoms with van der Waals surface area (Å²) < 4.78 is 8.70. The van der Waals surface area contributed by atoms with Crippen molar-refractivity contribution < 1.29 is 9.84 Å². The van der Waals surface area contributed by atoms with Crippen LogP contribution in [0.5, 0.6) is 0 Å². The topological polar surface area (TPSA) is 91.9 Å². The monoisotopic (exact) mass is 421 g/mol. The zero-order valence-corrected chi connectivity index (χ0v) is 17.6. The third kappa shape index (κ3) is 2.90. The summed E-state index contributed by atoms with van der Waals surface area (Å²) in [6, 6.07) is 0. The number of fused-ring (bicyclic) bond motifs is 2. The maximum Gasteiger partial charge on any atom is 0.225 e. The first-order chi connectivity index (χ1) is 15.2. The highest BCUT2D eigenvalue weighted by molar-refractivity contribution is 5.50. The molecule has 1 spiro atoms. The van der Waals surface area contributed by atoms with E-state index in [2.05, 4.69) is 41.1 Å². The lowest BCUT2D eigenvalue weighted by molar-refractivity contribution is -0.0551. The third-order valence-electron chi connectivity index (χ3n) is 7.13. The van der Waals surface area contributed by atoms with E-state index < -0.39 is 0 Å². The predicted molar refractivity (Wildman–Crippen MR) is 115 cm³/mol. The Morgan fingerprint density at radius 2 is 1.94 bits per heavy atom. The van der Waals surface area contributed by atoms with Crippen LogP contribution < -0.4 is 9.80 Å². The maximum absolute atomic E-state index is 10.2. The number of nitrogens with zero attached hydrogens (tertiary/aromatic N) is 7. The van der Waals surface area contributed by atoms with Crippen molar-refractivity contribution in [3.8, 4) is 0 Å². The van der Waals surface area contributed by atoms with E-state index in [0.717, 1.165) is 62.0 Å². The van der Waals surface area contributed by atoms with Crippen LogP contribution in [0.2, 0.25) is 0 Å². The van der Waals surface area contributed by atoms with Crippen molar-refractivity contribution in [1.82, 2.24) is 24.3 Å². The standard InChI is InChI=1S/C22H27N7O2/c1-2-3-15-6-25-21(26-7-15)28-10-17-16(12-30)18-11-27(13-22(17,14-28)31-18)20-9-23-8-19-24-4-5-29(19)20/h4-9,16-18,30H,2-3,10-14H2,1H3/t16-,17+,18+,22+/m0/s1. The SMILES string of the molecule is CCCc1cnc(N2C[C@@H]3[C@H](CO)[C@H]4CN(c5cncc6nccn56)C[C@]3(C2)O4)nc1. The van der Waals surface area contributed by atoms with Crippen molar-refractivity contribution in [2.24, 2.45) is 11.8 Å². The van der Waals surface area contributed by atoms with Crippen molar-refractivity contribution in [3.05, 3.63) is 42.7 Å². The molecule has 3 saturated heterocycles. The van der Waals surface area contributed by atoms with Crippen molar-refractivity contribution in [2.45, 2.75) is 31.5 Å². The summed E-state index contributed by atoms with van der Waals surface area (Å²) in [5.74, 6) is 2.10. The number of aliphatic hydroxyl groups is 1. The van der Waals surface area contributed by atoms with E-state index in [1.165, 1.54) is 0 Å². The summed E-state index contributed by atoms with van der Waals surface area (Å²) in [5.41, 5.74) is 1.64. The Balaban J connectivity index is 1.31. The maximum atomic E-state index is 10.2. The summed E-state index contributed by atoms with van der Waals surface area (Å²) >= 11 is 0. The molecule has 9 nitrogen and oxygen atoms in total. The Labute approximate surface area is 180 Å². The number of morpholine rings is 1. The molecule has 1 N–H and O–H groups in total. The number of hydrogen-bond donors (Lipinski definition) is 1. The normalized spacial score (nSPS) is 29.7. The minimum Gasteiger partial charge on any atom is -0.396 e. The number of aromatic nitrogens is 5. The minimum absolute atomic E-state index is 0.00229. The van der Waals surface area contributed by atoms with Gasteiger partial charge in [0.1, 0.15) is 11.4 Å². The average molecular weight is 422 g/mol. The lowest BCUT2D eigenvalue weighted by atomic mass is 9.83. The van der Waals surface area contributed by atoms with Gasteiger partial charge in [0.25, 0.3) is 0 Å². The largest absolute Gasteiger partial charge is 0.396 e. The van der Waals surface area contributed by atoms with Gasteiger partial charge in [0.2, 0.25) is 5.95 Å². The fraction of sp³-hybridized carbons (Fsp3) is 0.545. The van der Waals surface area contributed by atoms with Gasteiger partial charge >= 0.3 is 0 Å². The molecule has 4 atom stereocenters. The average Bonchev–Trinajstić information content (AvgIpc) is 3.44. The second-order valence-electron chi connectivity index (χ2n) is 9.00. The number of hydrogen-bond acceptors (Lipinski definition) is 8. The molecule has 3 aliphatic heterocycles. The van der Waals surface area contributed by atoms with Gasteiger partial charge in [0.05, 0.1) is 31.6 Å². The second-order valence-corrected chi connectivity index (χ2v) is 9.00. The number of aliphatic hydroxyl groups excluding tert-OH is 1. The van der Waals surface area contributed by atoms with E-state index in [4.69, 9.17) is 4.74 Å². The van der Waals surface area contributed by atoms with E-state index in [9.17, 15) is 5.11 Å². The molecular formula is C22H27N7O2. The smallest absolute Gasteiger partial charge is 0.225 e. The van der Waals surface area contributed by atoms with Gasteiger partial charge in [-0.2, -0.15) is 0 Å².